The molecule has 1 aromatic heterocycles. The molecular weight excluding hydrogens is 358 g/mol. The fourth-order valence-corrected chi connectivity index (χ4v) is 3.41. The zero-order valence-corrected chi connectivity index (χ0v) is 15.8. The highest BCUT2D eigenvalue weighted by Gasteiger charge is 2.10. The lowest BCUT2D eigenvalue weighted by Gasteiger charge is -2.28. The van der Waals surface area contributed by atoms with Crippen molar-refractivity contribution in [1.82, 2.24) is 9.97 Å². The van der Waals surface area contributed by atoms with Gasteiger partial charge in [-0.25, -0.2) is 4.98 Å². The van der Waals surface area contributed by atoms with Crippen molar-refractivity contribution in [1.29, 1.82) is 0 Å². The largest absolute Gasteiger partial charge is 0.372 e. The molecule has 0 unspecified atom stereocenters. The standard InChI is InChI=1S/C21H22ClN5/c22-18-6-2-3-7-19(18)25-20-12-13-23-21(26-20)24-16-8-10-17(11-9-16)27-14-4-1-5-15-27/h2-3,6-13H,1,4-5,14-15H2,(H2,23,24,25,26). The van der Waals surface area contributed by atoms with E-state index in [0.717, 1.165) is 24.5 Å². The number of halogens is 1. The highest BCUT2D eigenvalue weighted by atomic mass is 35.5. The Kier molecular flexibility index (Phi) is 5.39. The fraction of sp³-hybridized carbons (Fsp3) is 0.238. The third-order valence-corrected chi connectivity index (χ3v) is 4.97. The maximum Gasteiger partial charge on any atom is 0.229 e. The number of aromatic nitrogens is 2. The van der Waals surface area contributed by atoms with Gasteiger partial charge in [0.25, 0.3) is 0 Å². The summed E-state index contributed by atoms with van der Waals surface area (Å²) >= 11 is 6.20. The second-order valence-corrected chi connectivity index (χ2v) is 7.00. The van der Waals surface area contributed by atoms with Crippen molar-refractivity contribution in [2.75, 3.05) is 28.6 Å². The number of nitrogens with zero attached hydrogens (tertiary/aromatic N) is 3. The summed E-state index contributed by atoms with van der Waals surface area (Å²) in [5.41, 5.74) is 3.05. The summed E-state index contributed by atoms with van der Waals surface area (Å²) in [5, 5.41) is 7.13. The van der Waals surface area contributed by atoms with Crippen molar-refractivity contribution in [3.63, 3.8) is 0 Å². The quantitative estimate of drug-likeness (QED) is 0.603. The summed E-state index contributed by atoms with van der Waals surface area (Å²) in [5.74, 6) is 1.23. The number of hydrogen-bond acceptors (Lipinski definition) is 5. The first-order chi connectivity index (χ1) is 13.3. The number of nitrogens with one attached hydrogen (secondary N) is 2. The van der Waals surface area contributed by atoms with E-state index < -0.39 is 0 Å². The lowest BCUT2D eigenvalue weighted by Crippen LogP contribution is -2.29. The molecule has 4 rings (SSSR count). The van der Waals surface area contributed by atoms with Crippen molar-refractivity contribution < 1.29 is 0 Å². The van der Waals surface area contributed by atoms with Gasteiger partial charge < -0.3 is 15.5 Å². The molecule has 1 aliphatic rings. The molecule has 6 heteroatoms. The summed E-state index contributed by atoms with van der Waals surface area (Å²) in [7, 11) is 0. The third-order valence-electron chi connectivity index (χ3n) is 4.64. The molecule has 5 nitrogen and oxygen atoms in total. The van der Waals surface area contributed by atoms with E-state index in [0.29, 0.717) is 16.8 Å². The topological polar surface area (TPSA) is 53.1 Å². The molecule has 27 heavy (non-hydrogen) atoms. The summed E-state index contributed by atoms with van der Waals surface area (Å²) in [6, 6.07) is 17.8. The Hall–Kier alpha value is -2.79. The summed E-state index contributed by atoms with van der Waals surface area (Å²) in [6.45, 7) is 2.29. The predicted molar refractivity (Wildman–Crippen MR) is 113 cm³/mol. The molecule has 2 N–H and O–H groups in total. The van der Waals surface area contributed by atoms with Gasteiger partial charge >= 0.3 is 0 Å². The van der Waals surface area contributed by atoms with Gasteiger partial charge in [-0.2, -0.15) is 4.98 Å². The Bertz CT molecular complexity index is 891. The van der Waals surface area contributed by atoms with Crippen molar-refractivity contribution in [3.8, 4) is 0 Å². The highest BCUT2D eigenvalue weighted by Crippen LogP contribution is 2.25. The van der Waals surface area contributed by atoms with Crippen molar-refractivity contribution in [2.45, 2.75) is 19.3 Å². The zero-order chi connectivity index (χ0) is 18.5. The molecule has 3 aromatic rings. The van der Waals surface area contributed by atoms with E-state index in [1.54, 1.807) is 6.20 Å². The normalized spacial score (nSPS) is 14.0. The number of piperidine rings is 1. The first-order valence-electron chi connectivity index (χ1n) is 9.24. The lowest BCUT2D eigenvalue weighted by molar-refractivity contribution is 0.578. The van der Waals surface area contributed by atoms with Crippen LogP contribution in [0.5, 0.6) is 0 Å². The van der Waals surface area contributed by atoms with Gasteiger partial charge in [0.1, 0.15) is 5.82 Å². The molecule has 138 valence electrons. The summed E-state index contributed by atoms with van der Waals surface area (Å²) in [4.78, 5) is 11.3. The van der Waals surface area contributed by atoms with Crippen molar-refractivity contribution in [3.05, 3.63) is 65.8 Å². The zero-order valence-electron chi connectivity index (χ0n) is 15.0. The fourth-order valence-electron chi connectivity index (χ4n) is 3.23. The molecule has 0 amide bonds. The Balaban J connectivity index is 1.44. The molecule has 0 atom stereocenters. The van der Waals surface area contributed by atoms with Gasteiger partial charge in [-0.05, 0) is 61.7 Å². The second-order valence-electron chi connectivity index (χ2n) is 6.59. The van der Waals surface area contributed by atoms with Crippen LogP contribution in [0.15, 0.2) is 60.8 Å². The van der Waals surface area contributed by atoms with E-state index in [9.17, 15) is 0 Å². The molecule has 1 saturated heterocycles. The monoisotopic (exact) mass is 379 g/mol. The molecular formula is C21H22ClN5. The minimum atomic E-state index is 0.540. The molecule has 0 aliphatic carbocycles. The maximum absolute atomic E-state index is 6.20. The first kappa shape index (κ1) is 17.6. The average molecular weight is 380 g/mol. The molecule has 0 bridgehead atoms. The molecule has 2 aromatic carbocycles. The van der Waals surface area contributed by atoms with Crippen LogP contribution in [0.25, 0.3) is 0 Å². The first-order valence-corrected chi connectivity index (χ1v) is 9.62. The van der Waals surface area contributed by atoms with Gasteiger partial charge in [-0.15, -0.1) is 0 Å². The van der Waals surface area contributed by atoms with E-state index in [4.69, 9.17) is 11.6 Å². The van der Waals surface area contributed by atoms with Crippen LogP contribution < -0.4 is 15.5 Å². The molecule has 0 radical (unpaired) electrons. The number of rotatable bonds is 5. The van der Waals surface area contributed by atoms with Crippen LogP contribution in [0.1, 0.15) is 19.3 Å². The summed E-state index contributed by atoms with van der Waals surface area (Å²) < 4.78 is 0. The molecule has 0 saturated carbocycles. The van der Waals surface area contributed by atoms with Crippen molar-refractivity contribution in [2.24, 2.45) is 0 Å². The van der Waals surface area contributed by atoms with Gasteiger partial charge in [0, 0.05) is 30.7 Å². The Morgan fingerprint density at radius 3 is 2.41 bits per heavy atom. The van der Waals surface area contributed by atoms with Crippen LogP contribution >= 0.6 is 11.6 Å². The average Bonchev–Trinajstić information content (AvgIpc) is 2.71. The maximum atomic E-state index is 6.20. The number of benzene rings is 2. The van der Waals surface area contributed by atoms with Crippen LogP contribution in [0.3, 0.4) is 0 Å². The predicted octanol–water partition coefficient (Wildman–Crippen LogP) is 5.61. The highest BCUT2D eigenvalue weighted by molar-refractivity contribution is 6.33. The molecule has 2 heterocycles. The lowest BCUT2D eigenvalue weighted by atomic mass is 10.1. The Labute approximate surface area is 164 Å². The van der Waals surface area contributed by atoms with Crippen LogP contribution in [-0.4, -0.2) is 23.1 Å². The Morgan fingerprint density at radius 2 is 1.63 bits per heavy atom. The molecule has 1 fully saturated rings. The summed E-state index contributed by atoms with van der Waals surface area (Å²) in [6.07, 6.45) is 5.61. The minimum Gasteiger partial charge on any atom is -0.372 e. The van der Waals surface area contributed by atoms with E-state index in [1.165, 1.54) is 24.9 Å². The van der Waals surface area contributed by atoms with Crippen molar-refractivity contribution >= 4 is 40.4 Å². The van der Waals surface area contributed by atoms with Crippen LogP contribution in [0.4, 0.5) is 28.8 Å². The van der Waals surface area contributed by atoms with Crippen LogP contribution in [0.2, 0.25) is 5.02 Å². The second kappa shape index (κ2) is 8.27. The van der Waals surface area contributed by atoms with Gasteiger partial charge in [0.15, 0.2) is 0 Å². The van der Waals surface area contributed by atoms with Gasteiger partial charge in [-0.3, -0.25) is 0 Å². The van der Waals surface area contributed by atoms with Crippen LogP contribution in [0, 0.1) is 0 Å². The SMILES string of the molecule is Clc1ccccc1Nc1ccnc(Nc2ccc(N3CCCCC3)cc2)n1. The van der Waals surface area contributed by atoms with E-state index in [1.807, 2.05) is 30.3 Å². The number of hydrogen-bond donors (Lipinski definition) is 2. The van der Waals surface area contributed by atoms with E-state index >= 15 is 0 Å². The Morgan fingerprint density at radius 1 is 0.852 bits per heavy atom. The smallest absolute Gasteiger partial charge is 0.229 e. The van der Waals surface area contributed by atoms with Crippen LogP contribution in [-0.2, 0) is 0 Å². The third kappa shape index (κ3) is 4.49. The van der Waals surface area contributed by atoms with Gasteiger partial charge in [-0.1, -0.05) is 23.7 Å². The van der Waals surface area contributed by atoms with E-state index in [-0.39, 0.29) is 0 Å². The van der Waals surface area contributed by atoms with Gasteiger partial charge in [0.05, 0.1) is 10.7 Å². The molecule has 1 aliphatic heterocycles. The van der Waals surface area contributed by atoms with Gasteiger partial charge in [0.2, 0.25) is 5.95 Å². The molecule has 0 spiro atoms. The number of anilines is 5. The number of para-hydroxylation sites is 1. The minimum absolute atomic E-state index is 0.540. The van der Waals surface area contributed by atoms with E-state index in [2.05, 4.69) is 49.8 Å².